The Bertz CT molecular complexity index is 720. The summed E-state index contributed by atoms with van der Waals surface area (Å²) in [4.78, 5) is 29.2. The molecule has 3 amide bonds. The maximum absolute atomic E-state index is 12.9. The van der Waals surface area contributed by atoms with E-state index in [1.807, 2.05) is 30.0 Å². The molecule has 4 rings (SSSR count). The first-order valence-electron chi connectivity index (χ1n) is 9.56. The fourth-order valence-electron chi connectivity index (χ4n) is 4.93. The molecule has 0 spiro atoms. The predicted octanol–water partition coefficient (Wildman–Crippen LogP) is 2.87. The van der Waals surface area contributed by atoms with Gasteiger partial charge in [-0.2, -0.15) is 0 Å². The third kappa shape index (κ3) is 3.02. The maximum Gasteiger partial charge on any atom is 0.321 e. The Morgan fingerprint density at radius 3 is 2.92 bits per heavy atom. The molecule has 1 aromatic rings. The zero-order valence-corrected chi connectivity index (χ0v) is 15.5. The lowest BCUT2D eigenvalue weighted by atomic mass is 9.76. The average Bonchev–Trinajstić information content (AvgIpc) is 2.64. The van der Waals surface area contributed by atoms with Crippen LogP contribution in [0.2, 0.25) is 0 Å². The molecule has 3 aliphatic rings. The number of rotatable bonds is 2. The molecule has 0 aromatic heterocycles. The van der Waals surface area contributed by atoms with Crippen molar-refractivity contribution in [2.45, 2.75) is 38.6 Å². The number of aryl methyl sites for hydroxylation is 1. The molecular formula is C20H27N3O3. The van der Waals surface area contributed by atoms with Gasteiger partial charge in [0.05, 0.1) is 12.8 Å². The van der Waals surface area contributed by atoms with Gasteiger partial charge in [-0.05, 0) is 49.7 Å². The monoisotopic (exact) mass is 357 g/mol. The number of nitrogens with one attached hydrogen (secondary N) is 1. The van der Waals surface area contributed by atoms with E-state index in [-0.39, 0.29) is 6.03 Å². The van der Waals surface area contributed by atoms with Gasteiger partial charge in [0.1, 0.15) is 5.75 Å². The zero-order valence-electron chi connectivity index (χ0n) is 15.5. The number of fused-ring (bicyclic) bond motifs is 4. The van der Waals surface area contributed by atoms with E-state index in [2.05, 4.69) is 10.2 Å². The first kappa shape index (κ1) is 17.2. The van der Waals surface area contributed by atoms with E-state index in [1.54, 1.807) is 7.11 Å². The second-order valence-electron chi connectivity index (χ2n) is 7.85. The largest absolute Gasteiger partial charge is 0.495 e. The van der Waals surface area contributed by atoms with E-state index >= 15 is 0 Å². The van der Waals surface area contributed by atoms with Gasteiger partial charge in [0.15, 0.2) is 0 Å². The first-order valence-corrected chi connectivity index (χ1v) is 9.56. The molecule has 2 bridgehead atoms. The number of para-hydroxylation sites is 1. The summed E-state index contributed by atoms with van der Waals surface area (Å²) < 4.78 is 5.39. The third-order valence-electron chi connectivity index (χ3n) is 6.15. The number of benzene rings is 1. The van der Waals surface area contributed by atoms with Gasteiger partial charge in [0, 0.05) is 32.1 Å². The van der Waals surface area contributed by atoms with Crippen LogP contribution in [0.25, 0.3) is 0 Å². The fraction of sp³-hybridized carbons (Fsp3) is 0.600. The van der Waals surface area contributed by atoms with Crippen LogP contribution in [-0.2, 0) is 4.79 Å². The topological polar surface area (TPSA) is 61.9 Å². The normalized spacial score (nSPS) is 27.8. The van der Waals surface area contributed by atoms with Gasteiger partial charge in [-0.25, -0.2) is 4.79 Å². The maximum atomic E-state index is 12.9. The van der Waals surface area contributed by atoms with E-state index < -0.39 is 0 Å². The lowest BCUT2D eigenvalue weighted by Gasteiger charge is -2.52. The predicted molar refractivity (Wildman–Crippen MR) is 99.3 cm³/mol. The summed E-state index contributed by atoms with van der Waals surface area (Å²) in [5, 5.41) is 3.05. The van der Waals surface area contributed by atoms with Gasteiger partial charge in [0.25, 0.3) is 0 Å². The number of hydrogen-bond donors (Lipinski definition) is 1. The number of carbonyl (C=O) groups is 2. The minimum atomic E-state index is -0.0668. The summed E-state index contributed by atoms with van der Waals surface area (Å²) in [6.45, 7) is 4.21. The van der Waals surface area contributed by atoms with Crippen LogP contribution in [0.1, 0.15) is 31.2 Å². The van der Waals surface area contributed by atoms with Crippen LogP contribution in [0.3, 0.4) is 0 Å². The van der Waals surface area contributed by atoms with Crippen LogP contribution in [0.4, 0.5) is 10.5 Å². The molecule has 0 radical (unpaired) electrons. The zero-order chi connectivity index (χ0) is 18.3. The SMILES string of the molecule is COc1cccc(C)c1NC(=O)N1CC2CC(C1)[C@@H]1CCCC(=O)N1C2. The minimum Gasteiger partial charge on any atom is -0.495 e. The number of anilines is 1. The molecule has 1 aromatic carbocycles. The number of urea groups is 1. The fourth-order valence-corrected chi connectivity index (χ4v) is 4.93. The van der Waals surface area contributed by atoms with Crippen molar-refractivity contribution < 1.29 is 14.3 Å². The number of ether oxygens (including phenoxy) is 1. The molecule has 0 saturated carbocycles. The molecule has 3 fully saturated rings. The minimum absolute atomic E-state index is 0.0668. The second kappa shape index (κ2) is 6.82. The Morgan fingerprint density at radius 2 is 2.12 bits per heavy atom. The number of hydrogen-bond acceptors (Lipinski definition) is 3. The van der Waals surface area contributed by atoms with Gasteiger partial charge in [-0.3, -0.25) is 4.79 Å². The van der Waals surface area contributed by atoms with Gasteiger partial charge in [-0.15, -0.1) is 0 Å². The molecule has 1 N–H and O–H groups in total. The summed E-state index contributed by atoms with van der Waals surface area (Å²) >= 11 is 0. The molecule has 3 heterocycles. The number of likely N-dealkylation sites (tertiary alicyclic amines) is 1. The Labute approximate surface area is 154 Å². The quantitative estimate of drug-likeness (QED) is 0.885. The Kier molecular flexibility index (Phi) is 4.51. The molecule has 6 heteroatoms. The van der Waals surface area contributed by atoms with E-state index in [0.29, 0.717) is 42.5 Å². The van der Waals surface area contributed by atoms with Crippen molar-refractivity contribution in [3.05, 3.63) is 23.8 Å². The standard InChI is InChI=1S/C20H27N3O3/c1-13-5-3-7-17(26-2)19(13)21-20(25)22-10-14-9-15(12-22)16-6-4-8-18(24)23(16)11-14/h3,5,7,14-16H,4,6,8-12H2,1-2H3,(H,21,25)/t14?,15?,16-/m0/s1. The van der Waals surface area contributed by atoms with Crippen LogP contribution >= 0.6 is 0 Å². The van der Waals surface area contributed by atoms with E-state index in [9.17, 15) is 9.59 Å². The second-order valence-corrected chi connectivity index (χ2v) is 7.85. The van der Waals surface area contributed by atoms with Gasteiger partial charge in [0.2, 0.25) is 5.91 Å². The van der Waals surface area contributed by atoms with Crippen molar-refractivity contribution >= 4 is 17.6 Å². The van der Waals surface area contributed by atoms with Gasteiger partial charge >= 0.3 is 6.03 Å². The Hall–Kier alpha value is -2.24. The van der Waals surface area contributed by atoms with E-state index in [4.69, 9.17) is 4.74 Å². The first-order chi connectivity index (χ1) is 12.6. The van der Waals surface area contributed by atoms with Crippen molar-refractivity contribution in [3.63, 3.8) is 0 Å². The van der Waals surface area contributed by atoms with Crippen molar-refractivity contribution in [3.8, 4) is 5.75 Å². The smallest absolute Gasteiger partial charge is 0.321 e. The summed E-state index contributed by atoms with van der Waals surface area (Å²) in [6.07, 6.45) is 3.87. The highest BCUT2D eigenvalue weighted by atomic mass is 16.5. The van der Waals surface area contributed by atoms with Crippen LogP contribution in [0.5, 0.6) is 5.75 Å². The molecule has 3 saturated heterocycles. The van der Waals surface area contributed by atoms with Crippen molar-refractivity contribution in [1.82, 2.24) is 9.80 Å². The lowest BCUT2D eigenvalue weighted by molar-refractivity contribution is -0.144. The lowest BCUT2D eigenvalue weighted by Crippen LogP contribution is -2.61. The van der Waals surface area contributed by atoms with Crippen molar-refractivity contribution in [1.29, 1.82) is 0 Å². The third-order valence-corrected chi connectivity index (χ3v) is 6.15. The van der Waals surface area contributed by atoms with Crippen LogP contribution < -0.4 is 10.1 Å². The highest BCUT2D eigenvalue weighted by Crippen LogP contribution is 2.38. The summed E-state index contributed by atoms with van der Waals surface area (Å²) in [5.74, 6) is 1.77. The van der Waals surface area contributed by atoms with E-state index in [0.717, 1.165) is 43.6 Å². The number of nitrogens with zero attached hydrogens (tertiary/aromatic N) is 2. The molecule has 140 valence electrons. The van der Waals surface area contributed by atoms with Crippen LogP contribution in [0.15, 0.2) is 18.2 Å². The highest BCUT2D eigenvalue weighted by molar-refractivity contribution is 5.92. The van der Waals surface area contributed by atoms with Crippen LogP contribution in [-0.4, -0.2) is 54.5 Å². The molecular weight excluding hydrogens is 330 g/mol. The average molecular weight is 357 g/mol. The highest BCUT2D eigenvalue weighted by Gasteiger charge is 2.44. The van der Waals surface area contributed by atoms with Crippen molar-refractivity contribution in [2.75, 3.05) is 32.1 Å². The van der Waals surface area contributed by atoms with Crippen molar-refractivity contribution in [2.24, 2.45) is 11.8 Å². The van der Waals surface area contributed by atoms with Gasteiger partial charge in [-0.1, -0.05) is 12.1 Å². The Balaban J connectivity index is 1.48. The molecule has 26 heavy (non-hydrogen) atoms. The molecule has 3 atom stereocenters. The molecule has 0 aliphatic carbocycles. The number of carbonyl (C=O) groups excluding carboxylic acids is 2. The number of amides is 3. The van der Waals surface area contributed by atoms with Gasteiger partial charge < -0.3 is 19.9 Å². The summed E-state index contributed by atoms with van der Waals surface area (Å²) in [6, 6.07) is 6.00. The molecule has 6 nitrogen and oxygen atoms in total. The summed E-state index contributed by atoms with van der Waals surface area (Å²) in [7, 11) is 1.62. The molecule has 3 aliphatic heterocycles. The van der Waals surface area contributed by atoms with E-state index in [1.165, 1.54) is 0 Å². The summed E-state index contributed by atoms with van der Waals surface area (Å²) in [5.41, 5.74) is 1.73. The number of methoxy groups -OCH3 is 1. The molecule has 2 unspecified atom stereocenters. The Morgan fingerprint density at radius 1 is 1.27 bits per heavy atom. The number of piperidine rings is 3. The van der Waals surface area contributed by atoms with Crippen LogP contribution in [0, 0.1) is 18.8 Å².